The van der Waals surface area contributed by atoms with Crippen LogP contribution in [0.3, 0.4) is 0 Å². The van der Waals surface area contributed by atoms with Crippen LogP contribution >= 0.6 is 15.9 Å². The van der Waals surface area contributed by atoms with Gasteiger partial charge in [-0.1, -0.05) is 22.0 Å². The number of hydrogen-bond acceptors (Lipinski definition) is 1. The molecule has 0 saturated heterocycles. The van der Waals surface area contributed by atoms with E-state index in [0.29, 0.717) is 0 Å². The second-order valence-electron chi connectivity index (χ2n) is 4.15. The lowest BCUT2D eigenvalue weighted by atomic mass is 10.0. The van der Waals surface area contributed by atoms with Crippen LogP contribution in [0.1, 0.15) is 16.1 Å². The number of likely N-dealkylation sites (N-methyl/N-ethyl adjacent to an activating group) is 1. The number of nitrogens with one attached hydrogen (secondary N) is 1. The Morgan fingerprint density at radius 3 is 3.06 bits per heavy atom. The Labute approximate surface area is 102 Å². The number of fused-ring (bicyclic) bond motifs is 3. The molecule has 1 N–H and O–H groups in total. The van der Waals surface area contributed by atoms with Crippen LogP contribution in [0.4, 0.5) is 0 Å². The molecule has 0 saturated carbocycles. The first-order valence-corrected chi connectivity index (χ1v) is 6.01. The van der Waals surface area contributed by atoms with Crippen molar-refractivity contribution in [2.75, 3.05) is 13.6 Å². The maximum Gasteiger partial charge on any atom is 0.270 e. The average Bonchev–Trinajstić information content (AvgIpc) is 2.62. The molecule has 2 heterocycles. The Balaban J connectivity index is 2.30. The zero-order chi connectivity index (χ0) is 11.3. The zero-order valence-electron chi connectivity index (χ0n) is 8.88. The Bertz CT molecular complexity index is 588. The van der Waals surface area contributed by atoms with Crippen molar-refractivity contribution >= 4 is 32.7 Å². The number of rotatable bonds is 0. The first-order valence-electron chi connectivity index (χ1n) is 5.22. The van der Waals surface area contributed by atoms with Gasteiger partial charge in [0.1, 0.15) is 5.69 Å². The third-order valence-electron chi connectivity index (χ3n) is 3.13. The molecule has 2 aromatic rings. The maximum atomic E-state index is 12.0. The van der Waals surface area contributed by atoms with Crippen LogP contribution in [-0.4, -0.2) is 29.4 Å². The molecule has 4 heteroatoms. The van der Waals surface area contributed by atoms with Crippen LogP contribution in [0.15, 0.2) is 22.7 Å². The molecule has 0 spiro atoms. The highest BCUT2D eigenvalue weighted by molar-refractivity contribution is 9.10. The van der Waals surface area contributed by atoms with Gasteiger partial charge in [-0.2, -0.15) is 0 Å². The van der Waals surface area contributed by atoms with Crippen LogP contribution in [0.5, 0.6) is 0 Å². The molecular weight excluding hydrogens is 268 g/mol. The number of carbonyl (C=O) groups excluding carboxylic acids is 1. The summed E-state index contributed by atoms with van der Waals surface area (Å²) in [6.45, 7) is 0.800. The fourth-order valence-corrected chi connectivity index (χ4v) is 2.60. The van der Waals surface area contributed by atoms with Gasteiger partial charge >= 0.3 is 0 Å². The predicted octanol–water partition coefficient (Wildman–Crippen LogP) is 2.56. The van der Waals surface area contributed by atoms with E-state index >= 15 is 0 Å². The molecule has 0 atom stereocenters. The van der Waals surface area contributed by atoms with Gasteiger partial charge in [0.05, 0.1) is 0 Å². The van der Waals surface area contributed by atoms with Gasteiger partial charge in [0.2, 0.25) is 0 Å². The molecule has 0 fully saturated rings. The fourth-order valence-electron chi connectivity index (χ4n) is 2.24. The highest BCUT2D eigenvalue weighted by atomic mass is 79.9. The second kappa shape index (κ2) is 3.35. The van der Waals surface area contributed by atoms with E-state index in [2.05, 4.69) is 27.0 Å². The van der Waals surface area contributed by atoms with Crippen molar-refractivity contribution in [3.8, 4) is 0 Å². The molecule has 82 valence electrons. The van der Waals surface area contributed by atoms with Crippen LogP contribution in [0, 0.1) is 0 Å². The van der Waals surface area contributed by atoms with Gasteiger partial charge in [-0.3, -0.25) is 4.79 Å². The molecule has 3 rings (SSSR count). The molecule has 3 nitrogen and oxygen atoms in total. The molecule has 1 aromatic heterocycles. The van der Waals surface area contributed by atoms with Gasteiger partial charge in [0, 0.05) is 29.0 Å². The van der Waals surface area contributed by atoms with Gasteiger partial charge in [-0.15, -0.1) is 0 Å². The molecule has 0 radical (unpaired) electrons. The Morgan fingerprint density at radius 2 is 2.25 bits per heavy atom. The Kier molecular flexibility index (Phi) is 2.07. The number of nitrogens with zero attached hydrogens (tertiary/aromatic N) is 1. The lowest BCUT2D eigenvalue weighted by Crippen LogP contribution is -2.33. The normalized spacial score (nSPS) is 15.6. The number of carbonyl (C=O) groups is 1. The van der Waals surface area contributed by atoms with Gasteiger partial charge in [-0.25, -0.2) is 0 Å². The summed E-state index contributed by atoms with van der Waals surface area (Å²) < 4.78 is 1.03. The second-order valence-corrected chi connectivity index (χ2v) is 5.06. The highest BCUT2D eigenvalue weighted by Crippen LogP contribution is 2.28. The maximum absolute atomic E-state index is 12.0. The minimum Gasteiger partial charge on any atom is -0.350 e. The van der Waals surface area contributed by atoms with Gasteiger partial charge in [0.25, 0.3) is 5.91 Å². The SMILES string of the molecule is CN1CCc2c([nH]c3cc(Br)ccc23)C1=O. The van der Waals surface area contributed by atoms with Crippen molar-refractivity contribution in [2.24, 2.45) is 0 Å². The smallest absolute Gasteiger partial charge is 0.270 e. The van der Waals surface area contributed by atoms with E-state index < -0.39 is 0 Å². The Hall–Kier alpha value is -1.29. The number of H-pyrrole nitrogens is 1. The van der Waals surface area contributed by atoms with Gasteiger partial charge in [0.15, 0.2) is 0 Å². The zero-order valence-corrected chi connectivity index (χ0v) is 10.5. The molecular formula is C12H11BrN2O. The molecule has 1 aromatic carbocycles. The van der Waals surface area contributed by atoms with Crippen LogP contribution in [0.2, 0.25) is 0 Å². The summed E-state index contributed by atoms with van der Waals surface area (Å²) in [5.41, 5.74) is 2.94. The molecule has 16 heavy (non-hydrogen) atoms. The van der Waals surface area contributed by atoms with Crippen LogP contribution in [-0.2, 0) is 6.42 Å². The molecule has 0 bridgehead atoms. The number of halogens is 1. The first kappa shape index (κ1) is 9.90. The largest absolute Gasteiger partial charge is 0.350 e. The summed E-state index contributed by atoms with van der Waals surface area (Å²) >= 11 is 3.44. The summed E-state index contributed by atoms with van der Waals surface area (Å²) in [5, 5.41) is 1.17. The summed E-state index contributed by atoms with van der Waals surface area (Å²) in [4.78, 5) is 16.9. The van der Waals surface area contributed by atoms with Gasteiger partial charge < -0.3 is 9.88 Å². The number of aromatic nitrogens is 1. The van der Waals surface area contributed by atoms with Crippen molar-refractivity contribution in [2.45, 2.75) is 6.42 Å². The lowest BCUT2D eigenvalue weighted by molar-refractivity contribution is 0.0776. The van der Waals surface area contributed by atoms with E-state index in [1.165, 1.54) is 5.39 Å². The third-order valence-corrected chi connectivity index (χ3v) is 3.62. The van der Waals surface area contributed by atoms with E-state index in [1.807, 2.05) is 19.2 Å². The predicted molar refractivity (Wildman–Crippen MR) is 66.7 cm³/mol. The standard InChI is InChI=1S/C12H11BrN2O/c1-15-5-4-9-8-3-2-7(13)6-10(8)14-11(9)12(15)16/h2-3,6,14H,4-5H2,1H3. The van der Waals surface area contributed by atoms with Crippen molar-refractivity contribution in [3.05, 3.63) is 33.9 Å². The van der Waals surface area contributed by atoms with Crippen molar-refractivity contribution in [1.82, 2.24) is 9.88 Å². The summed E-state index contributed by atoms with van der Waals surface area (Å²) in [7, 11) is 1.84. The highest BCUT2D eigenvalue weighted by Gasteiger charge is 2.25. The minimum absolute atomic E-state index is 0.0913. The Morgan fingerprint density at radius 1 is 1.44 bits per heavy atom. The molecule has 1 aliphatic heterocycles. The molecule has 0 unspecified atom stereocenters. The number of benzene rings is 1. The fraction of sp³-hybridized carbons (Fsp3) is 0.250. The molecule has 1 amide bonds. The summed E-state index contributed by atoms with van der Waals surface area (Å²) in [6, 6.07) is 6.09. The van der Waals surface area contributed by atoms with Gasteiger partial charge in [-0.05, 0) is 24.1 Å². The molecule has 0 aliphatic carbocycles. The van der Waals surface area contributed by atoms with E-state index in [1.54, 1.807) is 4.90 Å². The number of hydrogen-bond donors (Lipinski definition) is 1. The van der Waals surface area contributed by atoms with Crippen molar-refractivity contribution in [3.63, 3.8) is 0 Å². The lowest BCUT2D eigenvalue weighted by Gasteiger charge is -2.22. The van der Waals surface area contributed by atoms with Crippen molar-refractivity contribution in [1.29, 1.82) is 0 Å². The minimum atomic E-state index is 0.0913. The third kappa shape index (κ3) is 1.29. The summed E-state index contributed by atoms with van der Waals surface area (Å²) in [6.07, 6.45) is 0.930. The summed E-state index contributed by atoms with van der Waals surface area (Å²) in [5.74, 6) is 0.0913. The number of amides is 1. The van der Waals surface area contributed by atoms with E-state index in [9.17, 15) is 4.79 Å². The monoisotopic (exact) mass is 278 g/mol. The first-order chi connectivity index (χ1) is 7.66. The van der Waals surface area contributed by atoms with Crippen LogP contribution < -0.4 is 0 Å². The number of aromatic amines is 1. The van der Waals surface area contributed by atoms with E-state index in [4.69, 9.17) is 0 Å². The van der Waals surface area contributed by atoms with Crippen molar-refractivity contribution < 1.29 is 4.79 Å². The van der Waals surface area contributed by atoms with E-state index in [0.717, 1.165) is 34.2 Å². The topological polar surface area (TPSA) is 36.1 Å². The average molecular weight is 279 g/mol. The quantitative estimate of drug-likeness (QED) is 0.790. The van der Waals surface area contributed by atoms with E-state index in [-0.39, 0.29) is 5.91 Å². The molecule has 1 aliphatic rings. The van der Waals surface area contributed by atoms with Crippen LogP contribution in [0.25, 0.3) is 10.9 Å².